The van der Waals surface area contributed by atoms with Crippen LogP contribution in [0, 0.1) is 0 Å². The van der Waals surface area contributed by atoms with Crippen LogP contribution in [0.3, 0.4) is 0 Å². The van der Waals surface area contributed by atoms with Gasteiger partial charge < -0.3 is 9.47 Å². The van der Waals surface area contributed by atoms with Gasteiger partial charge in [-0.1, -0.05) is 45.9 Å². The van der Waals surface area contributed by atoms with Crippen molar-refractivity contribution in [2.24, 2.45) is 0 Å². The number of aromatic nitrogens is 4. The van der Waals surface area contributed by atoms with Crippen molar-refractivity contribution in [3.05, 3.63) is 64.8 Å². The van der Waals surface area contributed by atoms with Crippen molar-refractivity contribution >= 4 is 33.5 Å². The molecular formula is C20H15BrN4O2S. The molecule has 2 aromatic heterocycles. The standard InChI is InChI=1S/C20H15BrN4O2S/c21-15-4-2-14(3-5-15)16-7-8-22-19-23-20(24-25(16)19)28-12-13-1-6-17-18(11-13)27-10-9-26-17/h1-8,11H,9-10,12H2. The lowest BCUT2D eigenvalue weighted by molar-refractivity contribution is 0.171. The predicted octanol–water partition coefficient (Wildman–Crippen LogP) is 4.62. The van der Waals surface area contributed by atoms with Gasteiger partial charge >= 0.3 is 0 Å². The van der Waals surface area contributed by atoms with Crippen molar-refractivity contribution in [1.29, 1.82) is 0 Å². The highest BCUT2D eigenvalue weighted by Gasteiger charge is 2.14. The Morgan fingerprint density at radius 2 is 1.82 bits per heavy atom. The van der Waals surface area contributed by atoms with Crippen molar-refractivity contribution < 1.29 is 9.47 Å². The number of halogens is 1. The first-order valence-corrected chi connectivity index (χ1v) is 10.5. The van der Waals surface area contributed by atoms with Crippen molar-refractivity contribution in [2.75, 3.05) is 13.2 Å². The summed E-state index contributed by atoms with van der Waals surface area (Å²) >= 11 is 5.04. The highest BCUT2D eigenvalue weighted by atomic mass is 79.9. The van der Waals surface area contributed by atoms with E-state index in [4.69, 9.17) is 9.47 Å². The van der Waals surface area contributed by atoms with E-state index in [2.05, 4.69) is 31.0 Å². The van der Waals surface area contributed by atoms with Crippen LogP contribution in [0.25, 0.3) is 17.0 Å². The molecule has 1 aliphatic heterocycles. The summed E-state index contributed by atoms with van der Waals surface area (Å²) in [5.41, 5.74) is 3.15. The summed E-state index contributed by atoms with van der Waals surface area (Å²) in [7, 11) is 0. The van der Waals surface area contributed by atoms with Gasteiger partial charge in [-0.05, 0) is 35.9 Å². The number of benzene rings is 2. The molecule has 1 aliphatic rings. The molecule has 0 saturated carbocycles. The van der Waals surface area contributed by atoms with E-state index >= 15 is 0 Å². The topological polar surface area (TPSA) is 61.5 Å². The number of hydrogen-bond donors (Lipinski definition) is 0. The van der Waals surface area contributed by atoms with Crippen molar-refractivity contribution in [3.63, 3.8) is 0 Å². The Morgan fingerprint density at radius 3 is 2.68 bits per heavy atom. The van der Waals surface area contributed by atoms with Crippen LogP contribution in [0.15, 0.2) is 64.4 Å². The van der Waals surface area contributed by atoms with Gasteiger partial charge in [-0.3, -0.25) is 0 Å². The van der Waals surface area contributed by atoms with Crippen LogP contribution in [0.4, 0.5) is 0 Å². The molecule has 0 N–H and O–H groups in total. The third kappa shape index (κ3) is 3.45. The predicted molar refractivity (Wildman–Crippen MR) is 111 cm³/mol. The Balaban J connectivity index is 1.40. The molecule has 4 aromatic rings. The Kier molecular flexibility index (Phi) is 4.66. The zero-order valence-corrected chi connectivity index (χ0v) is 17.1. The van der Waals surface area contributed by atoms with Gasteiger partial charge in [0.15, 0.2) is 11.5 Å². The van der Waals surface area contributed by atoms with E-state index in [1.807, 2.05) is 48.5 Å². The number of rotatable bonds is 4. The van der Waals surface area contributed by atoms with E-state index in [9.17, 15) is 0 Å². The number of thioether (sulfide) groups is 1. The zero-order valence-electron chi connectivity index (χ0n) is 14.7. The first-order valence-electron chi connectivity index (χ1n) is 8.75. The summed E-state index contributed by atoms with van der Waals surface area (Å²) in [6, 6.07) is 16.1. The zero-order chi connectivity index (χ0) is 18.9. The largest absolute Gasteiger partial charge is 0.486 e. The van der Waals surface area contributed by atoms with Gasteiger partial charge in [0.2, 0.25) is 5.16 Å². The lowest BCUT2D eigenvalue weighted by atomic mass is 10.1. The molecule has 0 bridgehead atoms. The molecule has 6 nitrogen and oxygen atoms in total. The summed E-state index contributed by atoms with van der Waals surface area (Å²) in [4.78, 5) is 8.91. The Hall–Kier alpha value is -2.58. The van der Waals surface area contributed by atoms with Gasteiger partial charge in [0.1, 0.15) is 13.2 Å². The van der Waals surface area contributed by atoms with Gasteiger partial charge in [0.05, 0.1) is 5.69 Å². The molecule has 0 radical (unpaired) electrons. The van der Waals surface area contributed by atoms with Crippen LogP contribution in [-0.4, -0.2) is 32.8 Å². The highest BCUT2D eigenvalue weighted by molar-refractivity contribution is 9.10. The summed E-state index contributed by atoms with van der Waals surface area (Å²) < 4.78 is 14.1. The second-order valence-electron chi connectivity index (χ2n) is 6.21. The molecule has 0 fully saturated rings. The van der Waals surface area contributed by atoms with Gasteiger partial charge in [-0.25, -0.2) is 4.98 Å². The average Bonchev–Trinajstić information content (AvgIpc) is 3.16. The smallest absolute Gasteiger partial charge is 0.253 e. The first-order chi connectivity index (χ1) is 13.8. The van der Waals surface area contributed by atoms with E-state index in [1.54, 1.807) is 22.5 Å². The minimum absolute atomic E-state index is 0.585. The Bertz CT molecular complexity index is 1150. The minimum Gasteiger partial charge on any atom is -0.486 e. The number of nitrogens with zero attached hydrogens (tertiary/aromatic N) is 4. The summed E-state index contributed by atoms with van der Waals surface area (Å²) in [6.45, 7) is 1.18. The number of ether oxygens (including phenoxy) is 2. The molecule has 8 heteroatoms. The maximum Gasteiger partial charge on any atom is 0.253 e. The van der Waals surface area contributed by atoms with Crippen molar-refractivity contribution in [2.45, 2.75) is 10.9 Å². The number of hydrogen-bond acceptors (Lipinski definition) is 6. The minimum atomic E-state index is 0.585. The average molecular weight is 455 g/mol. The van der Waals surface area contributed by atoms with E-state index in [1.165, 1.54) is 0 Å². The van der Waals surface area contributed by atoms with E-state index < -0.39 is 0 Å². The number of fused-ring (bicyclic) bond motifs is 2. The Morgan fingerprint density at radius 1 is 1.00 bits per heavy atom. The highest BCUT2D eigenvalue weighted by Crippen LogP contribution is 2.32. The molecule has 0 atom stereocenters. The second kappa shape index (κ2) is 7.44. The first kappa shape index (κ1) is 17.5. The lowest BCUT2D eigenvalue weighted by Crippen LogP contribution is -2.15. The van der Waals surface area contributed by atoms with Crippen molar-refractivity contribution in [1.82, 2.24) is 19.6 Å². The molecule has 3 heterocycles. The maximum absolute atomic E-state index is 5.65. The lowest BCUT2D eigenvalue weighted by Gasteiger charge is -2.18. The van der Waals surface area contributed by atoms with Crippen LogP contribution < -0.4 is 9.47 Å². The van der Waals surface area contributed by atoms with Crippen LogP contribution in [-0.2, 0) is 5.75 Å². The molecule has 0 unspecified atom stereocenters. The van der Waals surface area contributed by atoms with Crippen LogP contribution in [0.1, 0.15) is 5.56 Å². The Labute approximate surface area is 174 Å². The van der Waals surface area contributed by atoms with E-state index in [0.29, 0.717) is 24.1 Å². The quantitative estimate of drug-likeness (QED) is 0.419. The molecule has 5 rings (SSSR count). The summed E-state index contributed by atoms with van der Waals surface area (Å²) in [6.07, 6.45) is 1.76. The van der Waals surface area contributed by atoms with Gasteiger partial charge in [0, 0.05) is 22.0 Å². The third-order valence-corrected chi connectivity index (χ3v) is 5.77. The summed E-state index contributed by atoms with van der Waals surface area (Å²) in [5, 5.41) is 5.34. The molecular weight excluding hydrogens is 440 g/mol. The monoisotopic (exact) mass is 454 g/mol. The summed E-state index contributed by atoms with van der Waals surface area (Å²) in [5.74, 6) is 2.92. The molecule has 0 saturated heterocycles. The fraction of sp³-hybridized carbons (Fsp3) is 0.150. The fourth-order valence-corrected chi connectivity index (χ4v) is 4.03. The van der Waals surface area contributed by atoms with Crippen LogP contribution in [0.2, 0.25) is 0 Å². The third-order valence-electron chi connectivity index (χ3n) is 4.34. The molecule has 28 heavy (non-hydrogen) atoms. The van der Waals surface area contributed by atoms with Gasteiger partial charge in [-0.2, -0.15) is 9.50 Å². The molecule has 0 amide bonds. The van der Waals surface area contributed by atoms with Crippen molar-refractivity contribution in [3.8, 4) is 22.8 Å². The van der Waals surface area contributed by atoms with Gasteiger partial charge in [0.25, 0.3) is 5.78 Å². The molecule has 0 aliphatic carbocycles. The normalized spacial score (nSPS) is 13.0. The van der Waals surface area contributed by atoms with Crippen LogP contribution in [0.5, 0.6) is 11.5 Å². The fourth-order valence-electron chi connectivity index (χ4n) is 3.00. The molecule has 140 valence electrons. The van der Waals surface area contributed by atoms with E-state index in [-0.39, 0.29) is 0 Å². The maximum atomic E-state index is 5.65. The second-order valence-corrected chi connectivity index (χ2v) is 8.07. The molecule has 2 aromatic carbocycles. The SMILES string of the molecule is Brc1ccc(-c2ccnc3nc(SCc4ccc5c(c4)OCCO5)nn23)cc1. The van der Waals surface area contributed by atoms with Crippen LogP contribution >= 0.6 is 27.7 Å². The van der Waals surface area contributed by atoms with Gasteiger partial charge in [-0.15, -0.1) is 5.10 Å². The molecule has 0 spiro atoms. The van der Waals surface area contributed by atoms with E-state index in [0.717, 1.165) is 38.5 Å².